The second-order valence-corrected chi connectivity index (χ2v) is 8.98. The van der Waals surface area contributed by atoms with Crippen molar-refractivity contribution in [2.75, 3.05) is 25.0 Å². The van der Waals surface area contributed by atoms with Crippen LogP contribution in [-0.4, -0.2) is 72.6 Å². The predicted octanol–water partition coefficient (Wildman–Crippen LogP) is 2.23. The number of fused-ring (bicyclic) bond motifs is 1. The Morgan fingerprint density at radius 3 is 2.39 bits per heavy atom. The number of hydrogen-bond acceptors (Lipinski definition) is 7. The predicted molar refractivity (Wildman–Crippen MR) is 119 cm³/mol. The molecule has 10 nitrogen and oxygen atoms in total. The van der Waals surface area contributed by atoms with Gasteiger partial charge in [0.05, 0.1) is 5.69 Å². The highest BCUT2D eigenvalue weighted by atomic mass is 16.2. The van der Waals surface area contributed by atoms with Gasteiger partial charge in [0.2, 0.25) is 0 Å². The fraction of sp³-hybridized carbons (Fsp3) is 0.524. The molecule has 2 amide bonds. The minimum absolute atomic E-state index is 0.0393. The number of anilines is 1. The summed E-state index contributed by atoms with van der Waals surface area (Å²) < 4.78 is 1.75. The van der Waals surface area contributed by atoms with Crippen molar-refractivity contribution in [2.24, 2.45) is 7.05 Å². The number of urea groups is 1. The maximum atomic E-state index is 12.5. The van der Waals surface area contributed by atoms with Crippen molar-refractivity contribution >= 4 is 22.9 Å². The van der Waals surface area contributed by atoms with Crippen LogP contribution in [0.2, 0.25) is 0 Å². The molecule has 0 radical (unpaired) electrons. The van der Waals surface area contributed by atoms with E-state index >= 15 is 0 Å². The number of aryl methyl sites for hydroxylation is 1. The lowest BCUT2D eigenvalue weighted by Gasteiger charge is -2.38. The van der Waals surface area contributed by atoms with Crippen LogP contribution in [0.3, 0.4) is 0 Å². The summed E-state index contributed by atoms with van der Waals surface area (Å²) in [5, 5.41) is 16.3. The molecule has 0 unspecified atom stereocenters. The molecule has 0 aromatic carbocycles. The summed E-state index contributed by atoms with van der Waals surface area (Å²) in [6.45, 7) is 7.50. The number of amides is 2. The van der Waals surface area contributed by atoms with Gasteiger partial charge in [0, 0.05) is 57.4 Å². The number of aromatic nitrogens is 6. The number of nitrogens with one attached hydrogen (secondary N) is 1. The molecule has 4 rings (SSSR count). The van der Waals surface area contributed by atoms with E-state index in [1.54, 1.807) is 23.3 Å². The summed E-state index contributed by atoms with van der Waals surface area (Å²) in [7, 11) is 3.73. The highest BCUT2D eigenvalue weighted by Gasteiger charge is 2.29. The maximum Gasteiger partial charge on any atom is 0.317 e. The molecule has 1 fully saturated rings. The molecule has 3 aromatic rings. The minimum Gasteiger partial charge on any atom is -0.353 e. The molecule has 0 aliphatic carbocycles. The zero-order chi connectivity index (χ0) is 22.2. The van der Waals surface area contributed by atoms with E-state index in [-0.39, 0.29) is 17.6 Å². The molecule has 3 aromatic heterocycles. The van der Waals surface area contributed by atoms with Gasteiger partial charge in [0.1, 0.15) is 16.7 Å². The molecule has 1 aliphatic heterocycles. The van der Waals surface area contributed by atoms with Crippen LogP contribution in [-0.2, 0) is 7.05 Å². The lowest BCUT2D eigenvalue weighted by molar-refractivity contribution is 0.171. The van der Waals surface area contributed by atoms with Crippen molar-refractivity contribution in [3.63, 3.8) is 0 Å². The van der Waals surface area contributed by atoms with E-state index in [1.165, 1.54) is 0 Å². The van der Waals surface area contributed by atoms with Gasteiger partial charge in [0.25, 0.3) is 0 Å². The van der Waals surface area contributed by atoms with Gasteiger partial charge in [-0.2, -0.15) is 5.10 Å². The average molecular weight is 424 g/mol. The molecular formula is C21H29N9O. The Balaban J connectivity index is 1.54. The molecule has 1 aliphatic rings. The average Bonchev–Trinajstić information content (AvgIpc) is 3.17. The van der Waals surface area contributed by atoms with Crippen LogP contribution in [0.1, 0.15) is 33.6 Å². The molecule has 10 heteroatoms. The van der Waals surface area contributed by atoms with Crippen molar-refractivity contribution in [3.05, 3.63) is 24.7 Å². The van der Waals surface area contributed by atoms with Gasteiger partial charge >= 0.3 is 6.03 Å². The standard InChI is InChI=1S/C21H29N9O/c1-21(2,3)25-20(31)28(4)14-7-12-30(13-8-14)19-18-17(22-10-11-23-18)16(26-27-19)15-6-9-24-29(15)5/h6,9-11,14H,7-8,12-13H2,1-5H3,(H,25,31). The lowest BCUT2D eigenvalue weighted by Crippen LogP contribution is -2.53. The fourth-order valence-electron chi connectivity index (χ4n) is 3.90. The normalized spacial score (nSPS) is 15.3. The summed E-state index contributed by atoms with van der Waals surface area (Å²) >= 11 is 0. The first-order valence-corrected chi connectivity index (χ1v) is 10.5. The molecule has 4 heterocycles. The van der Waals surface area contributed by atoms with Crippen LogP contribution in [0, 0.1) is 0 Å². The largest absolute Gasteiger partial charge is 0.353 e. The van der Waals surface area contributed by atoms with Crippen LogP contribution >= 0.6 is 0 Å². The van der Waals surface area contributed by atoms with Crippen LogP contribution in [0.5, 0.6) is 0 Å². The summed E-state index contributed by atoms with van der Waals surface area (Å²) in [6, 6.07) is 2.03. The summed E-state index contributed by atoms with van der Waals surface area (Å²) in [5.41, 5.74) is 2.69. The third-order valence-electron chi connectivity index (χ3n) is 5.56. The SMILES string of the molecule is CN(C(=O)NC(C)(C)C)C1CCN(c2nnc(-c3ccnn3C)c3nccnc23)CC1. The van der Waals surface area contributed by atoms with Crippen molar-refractivity contribution < 1.29 is 4.79 Å². The Kier molecular flexibility index (Phi) is 5.47. The van der Waals surface area contributed by atoms with Gasteiger partial charge in [-0.15, -0.1) is 10.2 Å². The van der Waals surface area contributed by atoms with Gasteiger partial charge in [-0.3, -0.25) is 9.67 Å². The lowest BCUT2D eigenvalue weighted by atomic mass is 10.0. The minimum atomic E-state index is -0.255. The van der Waals surface area contributed by atoms with Crippen molar-refractivity contribution in [1.82, 2.24) is 40.2 Å². The Bertz CT molecular complexity index is 1080. The van der Waals surface area contributed by atoms with E-state index in [2.05, 4.69) is 35.5 Å². The molecular weight excluding hydrogens is 394 g/mol. The Labute approximate surface area is 181 Å². The van der Waals surface area contributed by atoms with E-state index < -0.39 is 0 Å². The highest BCUT2D eigenvalue weighted by Crippen LogP contribution is 2.30. The molecule has 0 saturated carbocycles. The van der Waals surface area contributed by atoms with E-state index in [9.17, 15) is 4.79 Å². The maximum absolute atomic E-state index is 12.5. The second-order valence-electron chi connectivity index (χ2n) is 8.98. The van der Waals surface area contributed by atoms with Crippen LogP contribution in [0.25, 0.3) is 22.4 Å². The summed E-state index contributed by atoms with van der Waals surface area (Å²) in [5.74, 6) is 0.731. The monoisotopic (exact) mass is 423 g/mol. The second kappa shape index (κ2) is 8.09. The van der Waals surface area contributed by atoms with Crippen LogP contribution in [0.4, 0.5) is 10.6 Å². The molecule has 164 valence electrons. The Hall–Kier alpha value is -3.30. The number of carbonyl (C=O) groups is 1. The van der Waals surface area contributed by atoms with Gasteiger partial charge in [-0.1, -0.05) is 0 Å². The number of rotatable bonds is 3. The number of piperidine rings is 1. The van der Waals surface area contributed by atoms with Crippen molar-refractivity contribution in [3.8, 4) is 11.4 Å². The third kappa shape index (κ3) is 4.28. The molecule has 31 heavy (non-hydrogen) atoms. The first-order valence-electron chi connectivity index (χ1n) is 10.5. The molecule has 1 saturated heterocycles. The van der Waals surface area contributed by atoms with Crippen molar-refractivity contribution in [1.29, 1.82) is 0 Å². The zero-order valence-electron chi connectivity index (χ0n) is 18.7. The first-order chi connectivity index (χ1) is 14.7. The smallest absolute Gasteiger partial charge is 0.317 e. The number of hydrogen-bond donors (Lipinski definition) is 1. The number of carbonyl (C=O) groups excluding carboxylic acids is 1. The van der Waals surface area contributed by atoms with Gasteiger partial charge < -0.3 is 15.1 Å². The highest BCUT2D eigenvalue weighted by molar-refractivity contribution is 5.94. The van der Waals surface area contributed by atoms with E-state index in [0.29, 0.717) is 11.2 Å². The third-order valence-corrected chi connectivity index (χ3v) is 5.56. The molecule has 0 spiro atoms. The van der Waals surface area contributed by atoms with Crippen molar-refractivity contribution in [2.45, 2.75) is 45.2 Å². The topological polar surface area (TPSA) is 105 Å². The van der Waals surface area contributed by atoms with E-state index in [1.807, 2.05) is 45.8 Å². The molecule has 1 N–H and O–H groups in total. The van der Waals surface area contributed by atoms with Gasteiger partial charge in [-0.05, 0) is 39.7 Å². The van der Waals surface area contributed by atoms with E-state index in [0.717, 1.165) is 43.0 Å². The molecule has 0 atom stereocenters. The van der Waals surface area contributed by atoms with Crippen LogP contribution in [0.15, 0.2) is 24.7 Å². The van der Waals surface area contributed by atoms with Crippen LogP contribution < -0.4 is 10.2 Å². The first kappa shape index (κ1) is 21.0. The van der Waals surface area contributed by atoms with Gasteiger partial charge in [-0.25, -0.2) is 9.78 Å². The van der Waals surface area contributed by atoms with Gasteiger partial charge in [0.15, 0.2) is 5.82 Å². The number of nitrogens with zero attached hydrogens (tertiary/aromatic N) is 8. The zero-order valence-corrected chi connectivity index (χ0v) is 18.7. The van der Waals surface area contributed by atoms with E-state index in [4.69, 9.17) is 0 Å². The Morgan fingerprint density at radius 2 is 1.77 bits per heavy atom. The Morgan fingerprint density at radius 1 is 1.10 bits per heavy atom. The summed E-state index contributed by atoms with van der Waals surface area (Å²) in [6.07, 6.45) is 6.77. The quantitative estimate of drug-likeness (QED) is 0.689. The fourth-order valence-corrected chi connectivity index (χ4v) is 3.90. The molecule has 0 bridgehead atoms. The summed E-state index contributed by atoms with van der Waals surface area (Å²) in [4.78, 5) is 25.6.